The van der Waals surface area contributed by atoms with Gasteiger partial charge in [-0.25, -0.2) is 0 Å². The highest BCUT2D eigenvalue weighted by atomic mass is 16.4. The highest BCUT2D eigenvalue weighted by molar-refractivity contribution is 5.70. The molecule has 1 aliphatic rings. The summed E-state index contributed by atoms with van der Waals surface area (Å²) in [7, 11) is 2.11. The number of hydrogen-bond acceptors (Lipinski definition) is 3. The molecule has 4 nitrogen and oxygen atoms in total. The van der Waals surface area contributed by atoms with Gasteiger partial charge in [-0.05, 0) is 13.0 Å². The topological polar surface area (TPSA) is 43.8 Å². The minimum absolute atomic E-state index is 0.210. The van der Waals surface area contributed by atoms with Crippen LogP contribution in [0.4, 0.5) is 0 Å². The highest BCUT2D eigenvalue weighted by Crippen LogP contribution is 2.14. The van der Waals surface area contributed by atoms with E-state index in [9.17, 15) is 4.79 Å². The lowest BCUT2D eigenvalue weighted by Crippen LogP contribution is -2.47. The predicted octanol–water partition coefficient (Wildman–Crippen LogP) is 0.591. The van der Waals surface area contributed by atoms with Gasteiger partial charge in [0.05, 0.1) is 5.92 Å². The molecule has 1 N–H and O–H groups in total. The molecule has 1 atom stereocenters. The summed E-state index contributed by atoms with van der Waals surface area (Å²) in [4.78, 5) is 15.6. The van der Waals surface area contributed by atoms with Crippen molar-refractivity contribution in [3.05, 3.63) is 0 Å². The maximum absolute atomic E-state index is 11.0. The number of nitrogens with zero attached hydrogens (tertiary/aromatic N) is 2. The normalized spacial score (nSPS) is 21.9. The van der Waals surface area contributed by atoms with Crippen LogP contribution in [0.25, 0.3) is 0 Å². The van der Waals surface area contributed by atoms with E-state index in [1.54, 1.807) is 0 Å². The lowest BCUT2D eigenvalue weighted by atomic mass is 9.95. The second-order valence-electron chi connectivity index (χ2n) is 4.79. The third kappa shape index (κ3) is 3.80. The van der Waals surface area contributed by atoms with Crippen LogP contribution in [0, 0.1) is 11.8 Å². The van der Waals surface area contributed by atoms with Gasteiger partial charge in [-0.2, -0.15) is 0 Å². The van der Waals surface area contributed by atoms with Gasteiger partial charge in [-0.3, -0.25) is 9.69 Å². The summed E-state index contributed by atoms with van der Waals surface area (Å²) in [5, 5.41) is 9.09. The largest absolute Gasteiger partial charge is 0.481 e. The van der Waals surface area contributed by atoms with Gasteiger partial charge < -0.3 is 10.0 Å². The van der Waals surface area contributed by atoms with Gasteiger partial charge in [0, 0.05) is 32.7 Å². The van der Waals surface area contributed by atoms with Crippen molar-refractivity contribution in [2.45, 2.75) is 13.8 Å². The summed E-state index contributed by atoms with van der Waals surface area (Å²) >= 11 is 0. The molecule has 1 aliphatic heterocycles. The molecule has 0 saturated carbocycles. The van der Waals surface area contributed by atoms with Crippen LogP contribution in [-0.2, 0) is 4.79 Å². The van der Waals surface area contributed by atoms with Crippen LogP contribution in [0.5, 0.6) is 0 Å². The van der Waals surface area contributed by atoms with Crippen LogP contribution in [-0.4, -0.2) is 60.6 Å². The molecule has 1 rings (SSSR count). The van der Waals surface area contributed by atoms with E-state index in [2.05, 4.69) is 16.8 Å². The quantitative estimate of drug-likeness (QED) is 0.744. The molecule has 1 fully saturated rings. The van der Waals surface area contributed by atoms with Crippen molar-refractivity contribution in [3.8, 4) is 0 Å². The number of carbonyl (C=O) groups is 1. The molecule has 0 bridgehead atoms. The van der Waals surface area contributed by atoms with E-state index in [1.807, 2.05) is 13.8 Å². The van der Waals surface area contributed by atoms with Gasteiger partial charge in [0.1, 0.15) is 0 Å². The van der Waals surface area contributed by atoms with Crippen LogP contribution >= 0.6 is 0 Å². The molecule has 1 unspecified atom stereocenters. The Bertz CT molecular complexity index is 211. The van der Waals surface area contributed by atoms with Crippen molar-refractivity contribution >= 4 is 5.97 Å². The molecule has 88 valence electrons. The Kier molecular flexibility index (Phi) is 4.54. The molecular weight excluding hydrogens is 192 g/mol. The predicted molar refractivity (Wildman–Crippen MR) is 59.9 cm³/mol. The molecule has 15 heavy (non-hydrogen) atoms. The van der Waals surface area contributed by atoms with Crippen molar-refractivity contribution in [1.29, 1.82) is 0 Å². The van der Waals surface area contributed by atoms with Crippen molar-refractivity contribution in [1.82, 2.24) is 9.80 Å². The van der Waals surface area contributed by atoms with E-state index in [0.717, 1.165) is 26.2 Å². The number of hydrogen-bond donors (Lipinski definition) is 1. The monoisotopic (exact) mass is 214 g/mol. The van der Waals surface area contributed by atoms with Crippen LogP contribution < -0.4 is 0 Å². The second kappa shape index (κ2) is 5.47. The van der Waals surface area contributed by atoms with E-state index in [-0.39, 0.29) is 11.8 Å². The zero-order valence-electron chi connectivity index (χ0n) is 9.94. The average molecular weight is 214 g/mol. The summed E-state index contributed by atoms with van der Waals surface area (Å²) in [5.74, 6) is -0.681. The van der Waals surface area contributed by atoms with E-state index < -0.39 is 5.97 Å². The van der Waals surface area contributed by atoms with Crippen molar-refractivity contribution in [3.63, 3.8) is 0 Å². The molecule has 0 spiro atoms. The van der Waals surface area contributed by atoms with Crippen LogP contribution in [0.3, 0.4) is 0 Å². The first kappa shape index (κ1) is 12.5. The van der Waals surface area contributed by atoms with Gasteiger partial charge >= 0.3 is 5.97 Å². The van der Waals surface area contributed by atoms with Crippen molar-refractivity contribution < 1.29 is 9.90 Å². The average Bonchev–Trinajstić information content (AvgIpc) is 2.15. The zero-order valence-corrected chi connectivity index (χ0v) is 9.94. The lowest BCUT2D eigenvalue weighted by Gasteiger charge is -2.34. The SMILES string of the molecule is CC(C)C(CN1CCN(C)CC1)C(=O)O. The Morgan fingerprint density at radius 2 is 1.80 bits per heavy atom. The molecule has 0 aromatic heterocycles. The molecule has 4 heteroatoms. The summed E-state index contributed by atoms with van der Waals surface area (Å²) < 4.78 is 0. The van der Waals surface area contributed by atoms with Crippen LogP contribution in [0.1, 0.15) is 13.8 Å². The molecule has 0 aliphatic carbocycles. The van der Waals surface area contributed by atoms with E-state index in [1.165, 1.54) is 0 Å². The van der Waals surface area contributed by atoms with Gasteiger partial charge in [-0.1, -0.05) is 13.8 Å². The molecule has 0 aromatic carbocycles. The first-order valence-electron chi connectivity index (χ1n) is 5.64. The number of piperazine rings is 1. The highest BCUT2D eigenvalue weighted by Gasteiger charge is 2.25. The summed E-state index contributed by atoms with van der Waals surface area (Å²) in [5.41, 5.74) is 0. The second-order valence-corrected chi connectivity index (χ2v) is 4.79. The Hall–Kier alpha value is -0.610. The number of carboxylic acids is 1. The third-order valence-corrected chi connectivity index (χ3v) is 3.17. The first-order valence-corrected chi connectivity index (χ1v) is 5.64. The maximum atomic E-state index is 11.0. The Labute approximate surface area is 91.9 Å². The minimum atomic E-state index is -0.663. The van der Waals surface area contributed by atoms with E-state index in [4.69, 9.17) is 5.11 Å². The summed E-state index contributed by atoms with van der Waals surface area (Å²) in [6.45, 7) is 8.74. The van der Waals surface area contributed by atoms with Crippen molar-refractivity contribution in [2.75, 3.05) is 39.8 Å². The van der Waals surface area contributed by atoms with Gasteiger partial charge in [0.2, 0.25) is 0 Å². The fourth-order valence-electron chi connectivity index (χ4n) is 1.88. The zero-order chi connectivity index (χ0) is 11.4. The third-order valence-electron chi connectivity index (χ3n) is 3.17. The molecular formula is C11H22N2O2. The molecule has 1 heterocycles. The number of likely N-dealkylation sites (N-methyl/N-ethyl adjacent to an activating group) is 1. The number of carboxylic acid groups (broad SMARTS) is 1. The molecule has 0 aromatic rings. The summed E-state index contributed by atoms with van der Waals surface area (Å²) in [6, 6.07) is 0. The fraction of sp³-hybridized carbons (Fsp3) is 0.909. The van der Waals surface area contributed by atoms with E-state index >= 15 is 0 Å². The number of aliphatic carboxylic acids is 1. The van der Waals surface area contributed by atoms with Crippen LogP contribution in [0.2, 0.25) is 0 Å². The lowest BCUT2D eigenvalue weighted by molar-refractivity contribution is -0.144. The Morgan fingerprint density at radius 3 is 2.20 bits per heavy atom. The summed E-state index contributed by atoms with van der Waals surface area (Å²) in [6.07, 6.45) is 0. The van der Waals surface area contributed by atoms with Crippen molar-refractivity contribution in [2.24, 2.45) is 11.8 Å². The van der Waals surface area contributed by atoms with Crippen LogP contribution in [0.15, 0.2) is 0 Å². The van der Waals surface area contributed by atoms with Gasteiger partial charge in [0.25, 0.3) is 0 Å². The van der Waals surface area contributed by atoms with Gasteiger partial charge in [-0.15, -0.1) is 0 Å². The number of rotatable bonds is 4. The molecule has 0 radical (unpaired) electrons. The van der Waals surface area contributed by atoms with Gasteiger partial charge in [0.15, 0.2) is 0 Å². The first-order chi connectivity index (χ1) is 7.00. The fourth-order valence-corrected chi connectivity index (χ4v) is 1.88. The Morgan fingerprint density at radius 1 is 1.27 bits per heavy atom. The molecule has 0 amide bonds. The Balaban J connectivity index is 2.41. The minimum Gasteiger partial charge on any atom is -0.481 e. The standard InChI is InChI=1S/C11H22N2O2/c1-9(2)10(11(14)15)8-13-6-4-12(3)5-7-13/h9-10H,4-8H2,1-3H3,(H,14,15). The molecule has 1 saturated heterocycles. The maximum Gasteiger partial charge on any atom is 0.308 e. The van der Waals surface area contributed by atoms with E-state index in [0.29, 0.717) is 6.54 Å². The smallest absolute Gasteiger partial charge is 0.308 e.